The minimum absolute atomic E-state index is 0.840. The van der Waals surface area contributed by atoms with Gasteiger partial charge in [0.2, 0.25) is 0 Å². The van der Waals surface area contributed by atoms with Crippen molar-refractivity contribution in [1.82, 2.24) is 5.32 Å². The second-order valence-electron chi connectivity index (χ2n) is 6.95. The highest BCUT2D eigenvalue weighted by Gasteiger charge is 2.31. The number of hydrogen-bond donors (Lipinski definition) is 1. The van der Waals surface area contributed by atoms with Crippen molar-refractivity contribution in [2.24, 2.45) is 23.7 Å². The minimum Gasteiger partial charge on any atom is -0.316 e. The van der Waals surface area contributed by atoms with Gasteiger partial charge in [-0.1, -0.05) is 20.8 Å². The first kappa shape index (κ1) is 17.5. The van der Waals surface area contributed by atoms with Crippen molar-refractivity contribution in [1.29, 1.82) is 0 Å². The molecule has 0 amide bonds. The molecule has 1 aliphatic rings. The molecule has 120 valence electrons. The predicted molar refractivity (Wildman–Crippen MR) is 98.0 cm³/mol. The summed E-state index contributed by atoms with van der Waals surface area (Å²) in [5, 5.41) is 3.66. The summed E-state index contributed by atoms with van der Waals surface area (Å²) in [6.45, 7) is 9.44. The first-order chi connectivity index (χ1) is 10.1. The highest BCUT2D eigenvalue weighted by atomic mass is 79.9. The number of thiophene rings is 1. The summed E-state index contributed by atoms with van der Waals surface area (Å²) in [5.41, 5.74) is 0. The Bertz CT molecular complexity index is 415. The molecule has 0 spiro atoms. The normalized spacial score (nSPS) is 26.4. The van der Waals surface area contributed by atoms with Crippen LogP contribution in [0, 0.1) is 23.7 Å². The lowest BCUT2D eigenvalue weighted by molar-refractivity contribution is 0.145. The maximum Gasteiger partial charge on any atom is 0.0701 e. The summed E-state index contributed by atoms with van der Waals surface area (Å²) in [7, 11) is 0. The Morgan fingerprint density at radius 2 is 2.10 bits per heavy atom. The van der Waals surface area contributed by atoms with Gasteiger partial charge in [-0.05, 0) is 96.9 Å². The second-order valence-corrected chi connectivity index (χ2v) is 9.50. The largest absolute Gasteiger partial charge is 0.316 e. The lowest BCUT2D eigenvalue weighted by Gasteiger charge is -2.38. The van der Waals surface area contributed by atoms with E-state index >= 15 is 0 Å². The molecule has 1 nitrogen and oxygen atoms in total. The zero-order valence-corrected chi connectivity index (χ0v) is 16.1. The third-order valence-electron chi connectivity index (χ3n) is 5.05. The molecule has 1 aliphatic carbocycles. The van der Waals surface area contributed by atoms with Crippen LogP contribution in [-0.4, -0.2) is 13.1 Å². The van der Waals surface area contributed by atoms with Crippen LogP contribution in [0.5, 0.6) is 0 Å². The Balaban J connectivity index is 1.97. The summed E-state index contributed by atoms with van der Waals surface area (Å²) in [6.07, 6.45) is 6.78. The van der Waals surface area contributed by atoms with E-state index in [4.69, 9.17) is 0 Å². The predicted octanol–water partition coefficient (Wildman–Crippen LogP) is 5.74. The lowest BCUT2D eigenvalue weighted by Crippen LogP contribution is -2.35. The standard InChI is InChI=1S/C18H30BrNS/c1-4-9-20-12-15-6-5-14(13(2)3)10-16(15)11-17-7-8-18(19)21-17/h7-8,13-16,20H,4-6,9-12H2,1-3H3. The fourth-order valence-corrected chi connectivity index (χ4v) is 5.25. The second kappa shape index (κ2) is 8.69. The maximum atomic E-state index is 3.66. The molecule has 1 heterocycles. The summed E-state index contributed by atoms with van der Waals surface area (Å²) < 4.78 is 1.27. The van der Waals surface area contributed by atoms with Crippen molar-refractivity contribution in [2.45, 2.75) is 52.9 Å². The van der Waals surface area contributed by atoms with Crippen molar-refractivity contribution in [2.75, 3.05) is 13.1 Å². The minimum atomic E-state index is 0.840. The third kappa shape index (κ3) is 5.37. The maximum absolute atomic E-state index is 3.66. The first-order valence-corrected chi connectivity index (χ1v) is 10.2. The van der Waals surface area contributed by atoms with E-state index in [2.05, 4.69) is 54.2 Å². The molecule has 3 heteroatoms. The summed E-state index contributed by atoms with van der Waals surface area (Å²) in [4.78, 5) is 1.55. The highest BCUT2D eigenvalue weighted by molar-refractivity contribution is 9.11. The molecular weight excluding hydrogens is 342 g/mol. The molecule has 0 radical (unpaired) electrons. The molecule has 3 unspecified atom stereocenters. The van der Waals surface area contributed by atoms with Crippen LogP contribution >= 0.6 is 27.3 Å². The van der Waals surface area contributed by atoms with E-state index in [1.54, 1.807) is 4.88 Å². The molecule has 0 aromatic carbocycles. The average molecular weight is 372 g/mol. The van der Waals surface area contributed by atoms with E-state index in [0.29, 0.717) is 0 Å². The van der Waals surface area contributed by atoms with Crippen LogP contribution in [0.25, 0.3) is 0 Å². The molecule has 1 N–H and O–H groups in total. The van der Waals surface area contributed by atoms with Crippen LogP contribution in [0.2, 0.25) is 0 Å². The lowest BCUT2D eigenvalue weighted by atomic mass is 9.69. The van der Waals surface area contributed by atoms with Crippen molar-refractivity contribution < 1.29 is 0 Å². The van der Waals surface area contributed by atoms with Crippen molar-refractivity contribution in [3.8, 4) is 0 Å². The molecule has 2 rings (SSSR count). The van der Waals surface area contributed by atoms with Gasteiger partial charge in [0.15, 0.2) is 0 Å². The molecule has 1 saturated carbocycles. The zero-order valence-electron chi connectivity index (χ0n) is 13.7. The number of nitrogens with one attached hydrogen (secondary N) is 1. The van der Waals surface area contributed by atoms with Gasteiger partial charge in [0.05, 0.1) is 3.79 Å². The van der Waals surface area contributed by atoms with E-state index < -0.39 is 0 Å². The Morgan fingerprint density at radius 3 is 2.71 bits per heavy atom. The summed E-state index contributed by atoms with van der Waals surface area (Å²) >= 11 is 5.52. The number of hydrogen-bond acceptors (Lipinski definition) is 2. The molecular formula is C18H30BrNS. The van der Waals surface area contributed by atoms with Crippen LogP contribution in [0.3, 0.4) is 0 Å². The highest BCUT2D eigenvalue weighted by Crippen LogP contribution is 2.40. The molecule has 21 heavy (non-hydrogen) atoms. The van der Waals surface area contributed by atoms with E-state index in [1.165, 1.54) is 49.0 Å². The fraction of sp³-hybridized carbons (Fsp3) is 0.778. The quantitative estimate of drug-likeness (QED) is 0.602. The summed E-state index contributed by atoms with van der Waals surface area (Å²) in [6, 6.07) is 4.51. The van der Waals surface area contributed by atoms with E-state index in [-0.39, 0.29) is 0 Å². The van der Waals surface area contributed by atoms with Gasteiger partial charge in [0.25, 0.3) is 0 Å². The Hall–Kier alpha value is 0.140. The zero-order chi connectivity index (χ0) is 15.2. The Labute approximate surface area is 143 Å². The smallest absolute Gasteiger partial charge is 0.0701 e. The first-order valence-electron chi connectivity index (χ1n) is 8.55. The van der Waals surface area contributed by atoms with Crippen LogP contribution in [0.4, 0.5) is 0 Å². The van der Waals surface area contributed by atoms with Crippen molar-refractivity contribution in [3.63, 3.8) is 0 Å². The van der Waals surface area contributed by atoms with Crippen LogP contribution in [0.1, 0.15) is 51.3 Å². The molecule has 1 aromatic rings. The van der Waals surface area contributed by atoms with Crippen LogP contribution in [0.15, 0.2) is 15.9 Å². The van der Waals surface area contributed by atoms with Gasteiger partial charge in [-0.15, -0.1) is 11.3 Å². The molecule has 1 fully saturated rings. The van der Waals surface area contributed by atoms with Crippen LogP contribution in [-0.2, 0) is 6.42 Å². The van der Waals surface area contributed by atoms with Crippen LogP contribution < -0.4 is 5.32 Å². The van der Waals surface area contributed by atoms with Gasteiger partial charge >= 0.3 is 0 Å². The van der Waals surface area contributed by atoms with Gasteiger partial charge < -0.3 is 5.32 Å². The molecule has 1 aromatic heterocycles. The van der Waals surface area contributed by atoms with E-state index in [0.717, 1.165) is 23.7 Å². The van der Waals surface area contributed by atoms with E-state index in [1.807, 2.05) is 11.3 Å². The van der Waals surface area contributed by atoms with Gasteiger partial charge in [-0.25, -0.2) is 0 Å². The van der Waals surface area contributed by atoms with E-state index in [9.17, 15) is 0 Å². The summed E-state index contributed by atoms with van der Waals surface area (Å²) in [5.74, 6) is 3.50. The van der Waals surface area contributed by atoms with Crippen molar-refractivity contribution >= 4 is 27.3 Å². The van der Waals surface area contributed by atoms with Gasteiger partial charge in [0.1, 0.15) is 0 Å². The molecule has 3 atom stereocenters. The Kier molecular flexibility index (Phi) is 7.24. The average Bonchev–Trinajstić information content (AvgIpc) is 2.85. The monoisotopic (exact) mass is 371 g/mol. The Morgan fingerprint density at radius 1 is 1.29 bits per heavy atom. The fourth-order valence-electron chi connectivity index (χ4n) is 3.67. The molecule has 0 aliphatic heterocycles. The van der Waals surface area contributed by atoms with Crippen molar-refractivity contribution in [3.05, 3.63) is 20.8 Å². The number of rotatable bonds is 7. The molecule has 0 bridgehead atoms. The van der Waals surface area contributed by atoms with Gasteiger partial charge in [-0.2, -0.15) is 0 Å². The topological polar surface area (TPSA) is 12.0 Å². The van der Waals surface area contributed by atoms with Gasteiger partial charge in [0, 0.05) is 4.88 Å². The third-order valence-corrected chi connectivity index (χ3v) is 6.69. The SMILES string of the molecule is CCCNCC1CCC(C(C)C)CC1Cc1ccc(Br)s1. The van der Waals surface area contributed by atoms with Gasteiger partial charge in [-0.3, -0.25) is 0 Å². The number of halogens is 1. The molecule has 0 saturated heterocycles.